The van der Waals surface area contributed by atoms with Gasteiger partial charge in [0.25, 0.3) is 0 Å². The molecule has 1 aliphatic heterocycles. The molecule has 0 amide bonds. The fourth-order valence-corrected chi connectivity index (χ4v) is 7.46. The molecule has 3 N–H and O–H groups in total. The van der Waals surface area contributed by atoms with Crippen molar-refractivity contribution in [1.29, 1.82) is 0 Å². The molecule has 48 heavy (non-hydrogen) atoms. The third kappa shape index (κ3) is 5.15. The van der Waals surface area contributed by atoms with Crippen molar-refractivity contribution in [3.05, 3.63) is 193 Å². The first-order chi connectivity index (χ1) is 23.8. The Bertz CT molecular complexity index is 2380. The average Bonchev–Trinajstić information content (AvgIpc) is 3.17. The van der Waals surface area contributed by atoms with Gasteiger partial charge in [-0.1, -0.05) is 170 Å². The minimum atomic E-state index is -0.0764. The summed E-state index contributed by atoms with van der Waals surface area (Å²) in [5.74, 6) is 0. The zero-order chi connectivity index (χ0) is 31.9. The van der Waals surface area contributed by atoms with E-state index in [9.17, 15) is 0 Å². The largest absolute Gasteiger partial charge is 0.279 e. The van der Waals surface area contributed by atoms with E-state index < -0.39 is 0 Å². The van der Waals surface area contributed by atoms with Crippen LogP contribution in [0.1, 0.15) is 35.2 Å². The quantitative estimate of drug-likeness (QED) is 0.133. The molecule has 1 heterocycles. The van der Waals surface area contributed by atoms with Crippen LogP contribution in [0.2, 0.25) is 0 Å². The van der Waals surface area contributed by atoms with Crippen LogP contribution >= 0.6 is 0 Å². The topological polar surface area (TPSA) is 36.1 Å². The maximum Gasteiger partial charge on any atom is 0.0870 e. The predicted molar refractivity (Wildman–Crippen MR) is 200 cm³/mol. The molecule has 0 aromatic heterocycles. The summed E-state index contributed by atoms with van der Waals surface area (Å²) in [6.45, 7) is 0. The van der Waals surface area contributed by atoms with Crippen LogP contribution in [0.25, 0.3) is 54.6 Å². The number of hydrogen-bond acceptors (Lipinski definition) is 3. The lowest BCUT2D eigenvalue weighted by Gasteiger charge is -2.40. The molecule has 8 aromatic carbocycles. The van der Waals surface area contributed by atoms with Gasteiger partial charge in [0.1, 0.15) is 0 Å². The smallest absolute Gasteiger partial charge is 0.0870 e. The van der Waals surface area contributed by atoms with Gasteiger partial charge in [-0.3, -0.25) is 16.0 Å². The second kappa shape index (κ2) is 12.2. The average molecular weight is 618 g/mol. The van der Waals surface area contributed by atoms with Gasteiger partial charge in [-0.15, -0.1) is 0 Å². The van der Waals surface area contributed by atoms with Gasteiger partial charge in [-0.2, -0.15) is 0 Å². The van der Waals surface area contributed by atoms with Gasteiger partial charge >= 0.3 is 0 Å². The van der Waals surface area contributed by atoms with E-state index in [1.165, 1.54) is 71.3 Å². The third-order valence-corrected chi connectivity index (χ3v) is 9.79. The van der Waals surface area contributed by atoms with Crippen LogP contribution in [-0.4, -0.2) is 0 Å². The Morgan fingerprint density at radius 2 is 0.917 bits per heavy atom. The molecule has 0 radical (unpaired) electrons. The highest BCUT2D eigenvalue weighted by Gasteiger charge is 2.31. The molecule has 3 heteroatoms. The van der Waals surface area contributed by atoms with E-state index >= 15 is 0 Å². The molecule has 1 aliphatic rings. The van der Waals surface area contributed by atoms with Crippen LogP contribution in [0.4, 0.5) is 0 Å². The summed E-state index contributed by atoms with van der Waals surface area (Å²) < 4.78 is 0. The lowest BCUT2D eigenvalue weighted by molar-refractivity contribution is 0.203. The zero-order valence-electron chi connectivity index (χ0n) is 26.5. The van der Waals surface area contributed by atoms with Crippen LogP contribution in [0, 0.1) is 0 Å². The van der Waals surface area contributed by atoms with Gasteiger partial charge < -0.3 is 0 Å². The SMILES string of the molecule is c1ccc(-c2ccccc2C2NC(c3ccccc3)NC(c3ccc(-c4c5ccccc5cc5c4ccc4ccccc45)cc3)N2)cc1. The van der Waals surface area contributed by atoms with Gasteiger partial charge in [-0.25, -0.2) is 0 Å². The minimum absolute atomic E-state index is 0.0405. The molecule has 1 fully saturated rings. The lowest BCUT2D eigenvalue weighted by Crippen LogP contribution is -2.54. The first kappa shape index (κ1) is 28.6. The number of fused-ring (bicyclic) bond motifs is 4. The highest BCUT2D eigenvalue weighted by molar-refractivity contribution is 6.20. The molecular formula is C45H35N3. The summed E-state index contributed by atoms with van der Waals surface area (Å²) in [6, 6.07) is 63.5. The maximum absolute atomic E-state index is 3.91. The van der Waals surface area contributed by atoms with E-state index in [1.807, 2.05) is 0 Å². The Kier molecular flexibility index (Phi) is 7.29. The van der Waals surface area contributed by atoms with E-state index in [2.05, 4.69) is 192 Å². The number of rotatable bonds is 5. The molecular weight excluding hydrogens is 583 g/mol. The second-order valence-electron chi connectivity index (χ2n) is 12.6. The normalized spacial score (nSPS) is 18.0. The molecule has 0 spiro atoms. The van der Waals surface area contributed by atoms with Gasteiger partial charge in [0, 0.05) is 0 Å². The summed E-state index contributed by atoms with van der Waals surface area (Å²) in [7, 11) is 0. The molecule has 1 saturated heterocycles. The highest BCUT2D eigenvalue weighted by Crippen LogP contribution is 2.40. The van der Waals surface area contributed by atoms with Crippen LogP contribution in [0.15, 0.2) is 176 Å². The van der Waals surface area contributed by atoms with Crippen molar-refractivity contribution in [3.8, 4) is 22.3 Å². The van der Waals surface area contributed by atoms with E-state index in [4.69, 9.17) is 0 Å². The molecule has 3 unspecified atom stereocenters. The van der Waals surface area contributed by atoms with Gasteiger partial charge in [0.05, 0.1) is 18.5 Å². The van der Waals surface area contributed by atoms with Crippen molar-refractivity contribution < 1.29 is 0 Å². The number of nitrogens with one attached hydrogen (secondary N) is 3. The Labute approximate surface area is 280 Å². The van der Waals surface area contributed by atoms with Crippen molar-refractivity contribution >= 4 is 32.3 Å². The van der Waals surface area contributed by atoms with Crippen LogP contribution in [0.3, 0.4) is 0 Å². The van der Waals surface area contributed by atoms with Crippen molar-refractivity contribution in [2.75, 3.05) is 0 Å². The maximum atomic E-state index is 3.91. The minimum Gasteiger partial charge on any atom is -0.279 e. The van der Waals surface area contributed by atoms with E-state index in [-0.39, 0.29) is 18.5 Å². The Balaban J connectivity index is 1.13. The highest BCUT2D eigenvalue weighted by atomic mass is 15.4. The molecule has 0 aliphatic carbocycles. The summed E-state index contributed by atoms with van der Waals surface area (Å²) in [5, 5.41) is 19.3. The zero-order valence-corrected chi connectivity index (χ0v) is 26.5. The van der Waals surface area contributed by atoms with Crippen molar-refractivity contribution in [2.45, 2.75) is 18.5 Å². The summed E-state index contributed by atoms with van der Waals surface area (Å²) >= 11 is 0. The van der Waals surface area contributed by atoms with Gasteiger partial charge in [-0.05, 0) is 77.3 Å². The van der Waals surface area contributed by atoms with Crippen LogP contribution in [0.5, 0.6) is 0 Å². The van der Waals surface area contributed by atoms with Crippen LogP contribution in [-0.2, 0) is 0 Å². The fourth-order valence-electron chi connectivity index (χ4n) is 7.46. The molecule has 9 rings (SSSR count). The number of benzene rings is 8. The van der Waals surface area contributed by atoms with Gasteiger partial charge in [0.15, 0.2) is 0 Å². The van der Waals surface area contributed by atoms with E-state index in [0.717, 1.165) is 0 Å². The lowest BCUT2D eigenvalue weighted by atomic mass is 9.89. The van der Waals surface area contributed by atoms with Crippen molar-refractivity contribution in [1.82, 2.24) is 16.0 Å². The van der Waals surface area contributed by atoms with E-state index in [0.29, 0.717) is 0 Å². The Morgan fingerprint density at radius 1 is 0.333 bits per heavy atom. The molecule has 230 valence electrons. The molecule has 3 nitrogen and oxygen atoms in total. The summed E-state index contributed by atoms with van der Waals surface area (Å²) in [5.41, 5.74) is 8.56. The molecule has 8 aromatic rings. The first-order valence-corrected chi connectivity index (χ1v) is 16.7. The fraction of sp³-hybridized carbons (Fsp3) is 0.0667. The second-order valence-corrected chi connectivity index (χ2v) is 12.6. The monoisotopic (exact) mass is 617 g/mol. The van der Waals surface area contributed by atoms with E-state index in [1.54, 1.807) is 0 Å². The Hall–Kier alpha value is -5.58. The van der Waals surface area contributed by atoms with Gasteiger partial charge in [0.2, 0.25) is 0 Å². The summed E-state index contributed by atoms with van der Waals surface area (Å²) in [4.78, 5) is 0. The molecule has 3 atom stereocenters. The molecule has 0 saturated carbocycles. The first-order valence-electron chi connectivity index (χ1n) is 16.7. The molecule has 0 bridgehead atoms. The Morgan fingerprint density at radius 3 is 1.69 bits per heavy atom. The standard InChI is InChI=1S/C45H35N3/c1-3-13-30(14-4-1)36-19-11-12-22-40(36)45-47-43(33-16-5-2-6-17-33)46-44(48-45)34-25-23-32(24-26-34)42-38-21-10-8-18-35(38)29-41-37-20-9-7-15-31(37)27-28-39(41)42/h1-29,43-48H. The van der Waals surface area contributed by atoms with Crippen molar-refractivity contribution in [3.63, 3.8) is 0 Å². The third-order valence-electron chi connectivity index (χ3n) is 9.79. The van der Waals surface area contributed by atoms with Crippen LogP contribution < -0.4 is 16.0 Å². The number of hydrogen-bond donors (Lipinski definition) is 3. The summed E-state index contributed by atoms with van der Waals surface area (Å²) in [6.07, 6.45) is -0.193. The predicted octanol–water partition coefficient (Wildman–Crippen LogP) is 10.7. The van der Waals surface area contributed by atoms with Crippen molar-refractivity contribution in [2.24, 2.45) is 0 Å².